The van der Waals surface area contributed by atoms with E-state index < -0.39 is 0 Å². The van der Waals surface area contributed by atoms with Crippen LogP contribution in [0.4, 0.5) is 10.5 Å². The molecule has 1 N–H and O–H groups in total. The Morgan fingerprint density at radius 1 is 1.33 bits per heavy atom. The number of likely N-dealkylation sites (tertiary alicyclic amines) is 1. The Morgan fingerprint density at radius 3 is 2.92 bits per heavy atom. The Bertz CT molecular complexity index is 812. The highest BCUT2D eigenvalue weighted by Crippen LogP contribution is 2.52. The number of hydrogen-bond donors (Lipinski definition) is 1. The molecule has 24 heavy (non-hydrogen) atoms. The van der Waals surface area contributed by atoms with Crippen LogP contribution < -0.4 is 5.32 Å². The molecule has 1 saturated carbocycles. The van der Waals surface area contributed by atoms with Gasteiger partial charge in [-0.2, -0.15) is 0 Å². The molecule has 1 aromatic heterocycles. The molecule has 1 aromatic carbocycles. The van der Waals surface area contributed by atoms with Crippen LogP contribution in [0.1, 0.15) is 45.0 Å². The standard InChI is InChI=1S/C19H25N3OS/c1-12-20-15-6-5-13(7-16(15)24-12)21-17(23)22-11-19(4)9-14(22)8-18(2,3)10-19/h5-7,14H,8-11H2,1-4H3,(H,21,23)/t14-,19+/m1/s1. The summed E-state index contributed by atoms with van der Waals surface area (Å²) >= 11 is 1.66. The molecule has 5 heteroatoms. The van der Waals surface area contributed by atoms with E-state index in [2.05, 4.69) is 36.0 Å². The Kier molecular flexibility index (Phi) is 3.43. The van der Waals surface area contributed by atoms with Crippen molar-refractivity contribution in [2.75, 3.05) is 11.9 Å². The third-order valence-electron chi connectivity index (χ3n) is 5.42. The maximum atomic E-state index is 12.9. The molecule has 2 atom stereocenters. The van der Waals surface area contributed by atoms with E-state index in [-0.39, 0.29) is 11.4 Å². The summed E-state index contributed by atoms with van der Waals surface area (Å²) in [4.78, 5) is 19.4. The van der Waals surface area contributed by atoms with Crippen LogP contribution in [0.15, 0.2) is 18.2 Å². The number of aryl methyl sites for hydroxylation is 1. The number of thiazole rings is 1. The Labute approximate surface area is 147 Å². The molecule has 2 amide bonds. The van der Waals surface area contributed by atoms with E-state index in [1.807, 2.05) is 25.1 Å². The molecule has 2 aliphatic rings. The summed E-state index contributed by atoms with van der Waals surface area (Å²) in [6.45, 7) is 9.88. The number of aromatic nitrogens is 1. The van der Waals surface area contributed by atoms with Crippen molar-refractivity contribution in [1.82, 2.24) is 9.88 Å². The van der Waals surface area contributed by atoms with Crippen LogP contribution in [-0.4, -0.2) is 28.5 Å². The topological polar surface area (TPSA) is 45.2 Å². The van der Waals surface area contributed by atoms with Crippen LogP contribution in [0.2, 0.25) is 0 Å². The molecule has 0 unspecified atom stereocenters. The van der Waals surface area contributed by atoms with Gasteiger partial charge in [-0.05, 0) is 55.2 Å². The molecular weight excluding hydrogens is 318 g/mol. The average Bonchev–Trinajstić information content (AvgIpc) is 2.93. The minimum Gasteiger partial charge on any atom is -0.321 e. The second-order valence-corrected chi connectivity index (χ2v) is 9.92. The van der Waals surface area contributed by atoms with Gasteiger partial charge in [0.1, 0.15) is 0 Å². The number of benzene rings is 1. The summed E-state index contributed by atoms with van der Waals surface area (Å²) in [5.74, 6) is 0. The first-order valence-corrected chi connectivity index (χ1v) is 9.50. The van der Waals surface area contributed by atoms with Gasteiger partial charge in [0.05, 0.1) is 15.2 Å². The second kappa shape index (κ2) is 5.19. The average molecular weight is 343 g/mol. The zero-order valence-corrected chi connectivity index (χ0v) is 15.7. The fourth-order valence-electron chi connectivity index (χ4n) is 5.01. The lowest BCUT2D eigenvalue weighted by Gasteiger charge is -2.39. The predicted octanol–water partition coefficient (Wildman–Crippen LogP) is 5.04. The number of nitrogens with zero attached hydrogens (tertiary/aromatic N) is 2. The van der Waals surface area contributed by atoms with Crippen molar-refractivity contribution in [3.05, 3.63) is 23.2 Å². The lowest BCUT2D eigenvalue weighted by Crippen LogP contribution is -2.40. The zero-order chi connectivity index (χ0) is 17.1. The molecule has 2 aromatic rings. The molecule has 4 nitrogen and oxygen atoms in total. The van der Waals surface area contributed by atoms with E-state index in [1.165, 1.54) is 6.42 Å². The number of rotatable bonds is 1. The largest absolute Gasteiger partial charge is 0.322 e. The molecule has 0 radical (unpaired) electrons. The van der Waals surface area contributed by atoms with E-state index in [4.69, 9.17) is 0 Å². The van der Waals surface area contributed by atoms with Gasteiger partial charge in [-0.25, -0.2) is 9.78 Å². The zero-order valence-electron chi connectivity index (χ0n) is 14.8. The van der Waals surface area contributed by atoms with E-state index >= 15 is 0 Å². The van der Waals surface area contributed by atoms with Crippen molar-refractivity contribution in [2.24, 2.45) is 10.8 Å². The third kappa shape index (κ3) is 2.79. The van der Waals surface area contributed by atoms with Crippen LogP contribution in [0.5, 0.6) is 0 Å². The predicted molar refractivity (Wildman–Crippen MR) is 99.6 cm³/mol. The molecule has 1 aliphatic heterocycles. The number of nitrogens with one attached hydrogen (secondary N) is 1. The monoisotopic (exact) mass is 343 g/mol. The van der Waals surface area contributed by atoms with Crippen molar-refractivity contribution in [3.63, 3.8) is 0 Å². The maximum absolute atomic E-state index is 12.9. The fourth-order valence-corrected chi connectivity index (χ4v) is 5.88. The summed E-state index contributed by atoms with van der Waals surface area (Å²) in [6, 6.07) is 6.38. The normalized spacial score (nSPS) is 28.3. The van der Waals surface area contributed by atoms with Crippen LogP contribution in [0, 0.1) is 17.8 Å². The Hall–Kier alpha value is -1.62. The summed E-state index contributed by atoms with van der Waals surface area (Å²) < 4.78 is 1.12. The highest BCUT2D eigenvalue weighted by atomic mass is 32.1. The van der Waals surface area contributed by atoms with Crippen molar-refractivity contribution >= 4 is 33.3 Å². The third-order valence-corrected chi connectivity index (χ3v) is 6.36. The number of carbonyl (C=O) groups is 1. The Morgan fingerprint density at radius 2 is 2.12 bits per heavy atom. The van der Waals surface area contributed by atoms with Gasteiger partial charge in [-0.15, -0.1) is 11.3 Å². The molecule has 4 rings (SSSR count). The minimum absolute atomic E-state index is 0.0435. The fraction of sp³-hybridized carbons (Fsp3) is 0.579. The van der Waals surface area contributed by atoms with Gasteiger partial charge in [0.15, 0.2) is 0 Å². The number of fused-ring (bicyclic) bond motifs is 3. The second-order valence-electron chi connectivity index (χ2n) is 8.69. The van der Waals surface area contributed by atoms with Gasteiger partial charge >= 0.3 is 6.03 Å². The minimum atomic E-state index is 0.0435. The van der Waals surface area contributed by atoms with Gasteiger partial charge in [0.25, 0.3) is 0 Å². The summed E-state index contributed by atoms with van der Waals surface area (Å²) in [5, 5.41) is 4.16. The molecule has 128 valence electrons. The van der Waals surface area contributed by atoms with Crippen LogP contribution >= 0.6 is 11.3 Å². The van der Waals surface area contributed by atoms with Crippen molar-refractivity contribution in [1.29, 1.82) is 0 Å². The molecule has 0 spiro atoms. The summed E-state index contributed by atoms with van der Waals surface area (Å²) in [7, 11) is 0. The first-order chi connectivity index (χ1) is 11.2. The summed E-state index contributed by atoms with van der Waals surface area (Å²) in [5.41, 5.74) is 2.46. The Balaban J connectivity index is 1.53. The van der Waals surface area contributed by atoms with Crippen LogP contribution in [0.3, 0.4) is 0 Å². The molecular formula is C19H25N3OS. The lowest BCUT2D eigenvalue weighted by atomic mass is 9.65. The molecule has 2 fully saturated rings. The molecule has 2 bridgehead atoms. The smallest absolute Gasteiger partial charge is 0.321 e. The number of urea groups is 1. The van der Waals surface area contributed by atoms with Crippen molar-refractivity contribution < 1.29 is 4.79 Å². The molecule has 2 heterocycles. The van der Waals surface area contributed by atoms with Crippen LogP contribution in [0.25, 0.3) is 10.2 Å². The molecule has 1 saturated heterocycles. The highest BCUT2D eigenvalue weighted by Gasteiger charge is 2.50. The summed E-state index contributed by atoms with van der Waals surface area (Å²) in [6.07, 6.45) is 3.44. The lowest BCUT2D eigenvalue weighted by molar-refractivity contribution is 0.130. The molecule has 1 aliphatic carbocycles. The SMILES string of the molecule is Cc1nc2ccc(NC(=O)N3C[C@@]4(C)C[C@H]3CC(C)(C)C4)cc2s1. The number of hydrogen-bond acceptors (Lipinski definition) is 3. The van der Waals surface area contributed by atoms with E-state index in [0.29, 0.717) is 11.5 Å². The van der Waals surface area contributed by atoms with Gasteiger partial charge in [-0.1, -0.05) is 20.8 Å². The van der Waals surface area contributed by atoms with E-state index in [0.717, 1.165) is 40.3 Å². The van der Waals surface area contributed by atoms with Gasteiger partial charge in [0.2, 0.25) is 0 Å². The van der Waals surface area contributed by atoms with E-state index in [1.54, 1.807) is 11.3 Å². The number of carbonyl (C=O) groups excluding carboxylic acids is 1. The van der Waals surface area contributed by atoms with Crippen LogP contribution in [-0.2, 0) is 0 Å². The first-order valence-electron chi connectivity index (χ1n) is 8.68. The van der Waals surface area contributed by atoms with Gasteiger partial charge in [0, 0.05) is 18.3 Å². The van der Waals surface area contributed by atoms with Gasteiger partial charge < -0.3 is 10.2 Å². The maximum Gasteiger partial charge on any atom is 0.322 e. The highest BCUT2D eigenvalue weighted by molar-refractivity contribution is 7.18. The van der Waals surface area contributed by atoms with Crippen molar-refractivity contribution in [2.45, 2.75) is 53.0 Å². The first kappa shape index (κ1) is 15.9. The van der Waals surface area contributed by atoms with Gasteiger partial charge in [-0.3, -0.25) is 0 Å². The quantitative estimate of drug-likeness (QED) is 0.788. The number of anilines is 1. The number of amides is 2. The van der Waals surface area contributed by atoms with E-state index in [9.17, 15) is 4.79 Å². The van der Waals surface area contributed by atoms with Crippen molar-refractivity contribution in [3.8, 4) is 0 Å².